The monoisotopic (exact) mass is 213 g/mol. The number of nitrogens with zero attached hydrogens (tertiary/aromatic N) is 1. The molecule has 0 spiro atoms. The lowest BCUT2D eigenvalue weighted by Crippen LogP contribution is -2.43. The first-order valence-corrected chi connectivity index (χ1v) is 6.53. The molecule has 0 atom stereocenters. The molecule has 3 heteroatoms. The van der Waals surface area contributed by atoms with Gasteiger partial charge < -0.3 is 0 Å². The summed E-state index contributed by atoms with van der Waals surface area (Å²) in [4.78, 5) is 2.63. The van der Waals surface area contributed by atoms with E-state index < -0.39 is 0 Å². The molecular weight excluding hydrogens is 189 g/mol. The second-order valence-electron chi connectivity index (χ2n) is 5.49. The van der Waals surface area contributed by atoms with Crippen molar-refractivity contribution in [1.29, 1.82) is 0 Å². The van der Waals surface area contributed by atoms with Crippen molar-refractivity contribution < 1.29 is 0 Å². The van der Waals surface area contributed by atoms with Crippen LogP contribution in [0, 0.1) is 0 Å². The Hall–Kier alpha value is 0.375. The van der Waals surface area contributed by atoms with Gasteiger partial charge in [0, 0.05) is 5.54 Å². The highest BCUT2D eigenvalue weighted by Gasteiger charge is 2.22. The second kappa shape index (κ2) is 5.46. The van der Waals surface area contributed by atoms with Gasteiger partial charge in [-0.3, -0.25) is 4.90 Å². The summed E-state index contributed by atoms with van der Waals surface area (Å²) in [5, 5.41) is 0. The minimum absolute atomic E-state index is 0.355. The lowest BCUT2D eigenvalue weighted by atomic mass is 9.77. The Morgan fingerprint density at radius 1 is 1.14 bits per heavy atom. The molecule has 0 N–H and O–H groups in total. The van der Waals surface area contributed by atoms with Crippen LogP contribution in [0.1, 0.15) is 46.5 Å². The van der Waals surface area contributed by atoms with Gasteiger partial charge >= 0.3 is 0 Å². The third kappa shape index (κ3) is 3.86. The van der Waals surface area contributed by atoms with Gasteiger partial charge in [-0.2, -0.15) is 0 Å². The Kier molecular flexibility index (Phi) is 4.85. The topological polar surface area (TPSA) is 3.24 Å². The van der Waals surface area contributed by atoms with Crippen molar-refractivity contribution in [2.45, 2.75) is 57.8 Å². The zero-order valence-electron chi connectivity index (χ0n) is 9.92. The summed E-state index contributed by atoms with van der Waals surface area (Å²) < 4.78 is 0. The molecule has 1 aliphatic heterocycles. The molecule has 1 aliphatic rings. The van der Waals surface area contributed by atoms with E-state index in [9.17, 15) is 0 Å². The summed E-state index contributed by atoms with van der Waals surface area (Å²) in [6, 6.07) is 0. The van der Waals surface area contributed by atoms with Gasteiger partial charge in [0.05, 0.1) is 0 Å². The first-order valence-electron chi connectivity index (χ1n) is 5.90. The van der Waals surface area contributed by atoms with Crippen LogP contribution < -0.4 is 0 Å². The van der Waals surface area contributed by atoms with Crippen LogP contribution in [0.15, 0.2) is 0 Å². The average Bonchev–Trinajstić information content (AvgIpc) is 2.01. The lowest BCUT2D eigenvalue weighted by molar-refractivity contribution is 0.124. The van der Waals surface area contributed by atoms with Gasteiger partial charge in [0.2, 0.25) is 0 Å². The smallest absolute Gasteiger partial charge is 0.190 e. The summed E-state index contributed by atoms with van der Waals surface area (Å²) in [7, 11) is 0. The van der Waals surface area contributed by atoms with E-state index >= 15 is 0 Å². The Bertz CT molecular complexity index is 157. The Labute approximate surface area is 95.2 Å². The largest absolute Gasteiger partial charge is 0.298 e. The summed E-state index contributed by atoms with van der Waals surface area (Å²) >= 11 is 4.41. The predicted molar refractivity (Wildman–Crippen MR) is 69.7 cm³/mol. The summed E-state index contributed by atoms with van der Waals surface area (Å²) in [6.45, 7) is 10.6. The predicted octanol–water partition coefficient (Wildman–Crippen LogP) is 2.73. The van der Waals surface area contributed by atoms with E-state index in [0.717, 1.165) is 12.4 Å². The Morgan fingerprint density at radius 3 is 2.00 bits per heavy atom. The number of likely N-dealkylation sites (tertiary alicyclic amines) is 1. The highest BCUT2D eigenvalue weighted by atomic mass is 32.1. The van der Waals surface area contributed by atoms with Crippen LogP contribution in [0.2, 0.25) is 5.82 Å². The summed E-state index contributed by atoms with van der Waals surface area (Å²) in [5.74, 6) is 0.875. The van der Waals surface area contributed by atoms with E-state index in [1.165, 1.54) is 38.8 Å². The molecule has 1 nitrogen and oxygen atoms in total. The highest BCUT2D eigenvalue weighted by molar-refractivity contribution is 8.07. The maximum atomic E-state index is 4.41. The van der Waals surface area contributed by atoms with Crippen molar-refractivity contribution in [3.8, 4) is 0 Å². The maximum Gasteiger partial charge on any atom is 0.190 e. The molecule has 0 aliphatic carbocycles. The quantitative estimate of drug-likeness (QED) is 0.517. The van der Waals surface area contributed by atoms with E-state index in [0.29, 0.717) is 5.54 Å². The first kappa shape index (κ1) is 12.4. The van der Waals surface area contributed by atoms with Crippen LogP contribution in [-0.4, -0.2) is 30.1 Å². The minimum atomic E-state index is 0.355. The van der Waals surface area contributed by atoms with Crippen molar-refractivity contribution in [3.63, 3.8) is 0 Å². The van der Waals surface area contributed by atoms with Crippen LogP contribution in [0.25, 0.3) is 0 Å². The van der Waals surface area contributed by atoms with Gasteiger partial charge in [0.25, 0.3) is 0 Å². The van der Waals surface area contributed by atoms with E-state index in [2.05, 4.69) is 38.2 Å². The molecular formula is C11H24BNS. The molecule has 0 bridgehead atoms. The summed E-state index contributed by atoms with van der Waals surface area (Å²) in [6.07, 6.45) is 5.44. The van der Waals surface area contributed by atoms with Crippen molar-refractivity contribution in [2.75, 3.05) is 13.1 Å². The number of hydrogen-bond acceptors (Lipinski definition) is 2. The van der Waals surface area contributed by atoms with Gasteiger partial charge in [-0.25, -0.2) is 12.5 Å². The molecule has 1 fully saturated rings. The van der Waals surface area contributed by atoms with Crippen molar-refractivity contribution >= 4 is 19.0 Å². The minimum Gasteiger partial charge on any atom is -0.298 e. The molecule has 0 aromatic rings. The SMILES string of the molecule is CC(C)(C)N1CCCC(BS)CCC1. The molecule has 0 radical (unpaired) electrons. The fraction of sp³-hybridized carbons (Fsp3) is 1.00. The molecule has 1 saturated heterocycles. The lowest BCUT2D eigenvalue weighted by Gasteiger charge is -2.37. The van der Waals surface area contributed by atoms with Crippen molar-refractivity contribution in [1.82, 2.24) is 4.90 Å². The van der Waals surface area contributed by atoms with Crippen LogP contribution in [0.4, 0.5) is 0 Å². The number of rotatable bonds is 1. The zero-order valence-corrected chi connectivity index (χ0v) is 10.8. The molecule has 0 amide bonds. The van der Waals surface area contributed by atoms with E-state index in [-0.39, 0.29) is 0 Å². The van der Waals surface area contributed by atoms with E-state index in [4.69, 9.17) is 0 Å². The fourth-order valence-corrected chi connectivity index (χ4v) is 2.62. The van der Waals surface area contributed by atoms with Crippen molar-refractivity contribution in [3.05, 3.63) is 0 Å². The molecule has 0 saturated carbocycles. The molecule has 1 rings (SSSR count). The fourth-order valence-electron chi connectivity index (χ4n) is 2.25. The van der Waals surface area contributed by atoms with Crippen LogP contribution in [-0.2, 0) is 0 Å². The molecule has 14 heavy (non-hydrogen) atoms. The van der Waals surface area contributed by atoms with Gasteiger partial charge in [-0.05, 0) is 46.7 Å². The molecule has 1 heterocycles. The van der Waals surface area contributed by atoms with E-state index in [1.54, 1.807) is 0 Å². The number of thiol groups is 1. The number of hydrogen-bond donors (Lipinski definition) is 1. The Morgan fingerprint density at radius 2 is 1.64 bits per heavy atom. The van der Waals surface area contributed by atoms with Gasteiger partial charge in [-0.1, -0.05) is 18.7 Å². The third-order valence-corrected chi connectivity index (χ3v) is 3.80. The molecule has 0 aromatic heterocycles. The second-order valence-corrected chi connectivity index (χ2v) is 5.86. The average molecular weight is 213 g/mol. The first-order chi connectivity index (χ1) is 6.54. The Balaban J connectivity index is 2.40. The van der Waals surface area contributed by atoms with Crippen molar-refractivity contribution in [2.24, 2.45) is 0 Å². The zero-order chi connectivity index (χ0) is 10.6. The van der Waals surface area contributed by atoms with Crippen LogP contribution >= 0.6 is 12.5 Å². The molecule has 0 unspecified atom stereocenters. The van der Waals surface area contributed by atoms with Gasteiger partial charge in [0.15, 0.2) is 6.56 Å². The van der Waals surface area contributed by atoms with Gasteiger partial charge in [-0.15, -0.1) is 0 Å². The molecule has 0 aromatic carbocycles. The van der Waals surface area contributed by atoms with E-state index in [1.807, 2.05) is 0 Å². The normalized spacial score (nSPS) is 22.9. The van der Waals surface area contributed by atoms with Crippen LogP contribution in [0.3, 0.4) is 0 Å². The highest BCUT2D eigenvalue weighted by Crippen LogP contribution is 2.25. The van der Waals surface area contributed by atoms with Crippen LogP contribution in [0.5, 0.6) is 0 Å². The summed E-state index contributed by atoms with van der Waals surface area (Å²) in [5.41, 5.74) is 0.355. The maximum absolute atomic E-state index is 4.41. The molecule has 82 valence electrons. The van der Waals surface area contributed by atoms with Gasteiger partial charge in [0.1, 0.15) is 0 Å². The standard InChI is InChI=1S/C11H24BNS/c1-11(2,3)13-8-4-6-10(12-14)7-5-9-13/h10,12,14H,4-9H2,1-3H3. The third-order valence-electron chi connectivity index (χ3n) is 3.29.